The molecule has 21 heavy (non-hydrogen) atoms. The predicted molar refractivity (Wildman–Crippen MR) is 86.1 cm³/mol. The summed E-state index contributed by atoms with van der Waals surface area (Å²) in [6.07, 6.45) is 2.69. The van der Waals surface area contributed by atoms with E-state index in [0.717, 1.165) is 17.8 Å². The van der Waals surface area contributed by atoms with Crippen molar-refractivity contribution in [3.05, 3.63) is 41.0 Å². The van der Waals surface area contributed by atoms with Crippen molar-refractivity contribution in [1.82, 2.24) is 10.3 Å². The molecule has 114 valence electrons. The Bertz CT molecular complexity index is 696. The highest BCUT2D eigenvalue weighted by Gasteiger charge is 2.17. The van der Waals surface area contributed by atoms with E-state index in [1.807, 2.05) is 6.07 Å². The van der Waals surface area contributed by atoms with Gasteiger partial charge in [0.2, 0.25) is 0 Å². The quantitative estimate of drug-likeness (QED) is 0.768. The summed E-state index contributed by atoms with van der Waals surface area (Å²) >= 11 is 1.28. The van der Waals surface area contributed by atoms with Gasteiger partial charge in [-0.25, -0.2) is 8.42 Å². The van der Waals surface area contributed by atoms with Gasteiger partial charge in [-0.2, -0.15) is 0 Å². The lowest BCUT2D eigenvalue weighted by molar-refractivity contribution is 0.603. The lowest BCUT2D eigenvalue weighted by atomic mass is 10.3. The Labute approximate surface area is 129 Å². The zero-order valence-electron chi connectivity index (χ0n) is 12.1. The van der Waals surface area contributed by atoms with Crippen LogP contribution >= 0.6 is 11.3 Å². The van der Waals surface area contributed by atoms with Crippen LogP contribution in [-0.4, -0.2) is 19.9 Å². The summed E-state index contributed by atoms with van der Waals surface area (Å²) in [4.78, 5) is 5.08. The summed E-state index contributed by atoms with van der Waals surface area (Å²) in [6.45, 7) is 5.48. The highest BCUT2D eigenvalue weighted by Crippen LogP contribution is 2.24. The van der Waals surface area contributed by atoms with Crippen molar-refractivity contribution in [3.8, 4) is 0 Å². The minimum atomic E-state index is -3.54. The molecule has 0 fully saturated rings. The van der Waals surface area contributed by atoms with Gasteiger partial charge in [0, 0.05) is 17.6 Å². The third kappa shape index (κ3) is 4.26. The van der Waals surface area contributed by atoms with Crippen LogP contribution in [0.4, 0.5) is 5.69 Å². The van der Waals surface area contributed by atoms with Crippen LogP contribution in [-0.2, 0) is 16.6 Å². The SMILES string of the molecule is CCCNCc1ccc(S(=O)(=O)Nc2cccnc2C)s1. The van der Waals surface area contributed by atoms with E-state index in [4.69, 9.17) is 0 Å². The summed E-state index contributed by atoms with van der Waals surface area (Å²) in [5.41, 5.74) is 1.17. The molecule has 5 nitrogen and oxygen atoms in total. The average Bonchev–Trinajstić information content (AvgIpc) is 2.91. The fourth-order valence-corrected chi connectivity index (χ4v) is 4.22. The van der Waals surface area contributed by atoms with Gasteiger partial charge in [0.05, 0.1) is 11.4 Å². The van der Waals surface area contributed by atoms with Gasteiger partial charge in [-0.05, 0) is 44.2 Å². The summed E-state index contributed by atoms with van der Waals surface area (Å²) in [6, 6.07) is 6.90. The van der Waals surface area contributed by atoms with E-state index in [2.05, 4.69) is 21.9 Å². The normalized spacial score (nSPS) is 11.5. The van der Waals surface area contributed by atoms with E-state index in [1.165, 1.54) is 11.3 Å². The molecule has 0 saturated carbocycles. The molecule has 0 saturated heterocycles. The molecule has 0 aliphatic heterocycles. The average molecular weight is 325 g/mol. The smallest absolute Gasteiger partial charge is 0.271 e. The van der Waals surface area contributed by atoms with E-state index in [0.29, 0.717) is 22.1 Å². The third-order valence-electron chi connectivity index (χ3n) is 2.88. The third-order valence-corrected chi connectivity index (χ3v) is 5.82. The molecule has 0 unspecified atom stereocenters. The Balaban J connectivity index is 2.11. The van der Waals surface area contributed by atoms with Gasteiger partial charge >= 0.3 is 0 Å². The van der Waals surface area contributed by atoms with E-state index in [1.54, 1.807) is 31.3 Å². The molecule has 0 bridgehead atoms. The molecule has 7 heteroatoms. The van der Waals surface area contributed by atoms with Crippen molar-refractivity contribution in [3.63, 3.8) is 0 Å². The highest BCUT2D eigenvalue weighted by atomic mass is 32.2. The van der Waals surface area contributed by atoms with Crippen molar-refractivity contribution in [2.24, 2.45) is 0 Å². The number of rotatable bonds is 7. The lowest BCUT2D eigenvalue weighted by Crippen LogP contribution is -2.13. The first-order valence-electron chi connectivity index (χ1n) is 6.77. The van der Waals surface area contributed by atoms with E-state index in [9.17, 15) is 8.42 Å². The second-order valence-corrected chi connectivity index (χ2v) is 7.72. The van der Waals surface area contributed by atoms with Crippen LogP contribution in [0.3, 0.4) is 0 Å². The number of hydrogen-bond donors (Lipinski definition) is 2. The number of hydrogen-bond acceptors (Lipinski definition) is 5. The number of anilines is 1. The zero-order valence-corrected chi connectivity index (χ0v) is 13.7. The molecule has 0 amide bonds. The number of pyridine rings is 1. The molecule has 0 aliphatic carbocycles. The molecular formula is C14H19N3O2S2. The van der Waals surface area contributed by atoms with Crippen LogP contribution in [0.1, 0.15) is 23.9 Å². The monoisotopic (exact) mass is 325 g/mol. The molecule has 2 N–H and O–H groups in total. The fourth-order valence-electron chi connectivity index (χ4n) is 1.77. The van der Waals surface area contributed by atoms with Gasteiger partial charge in [-0.15, -0.1) is 11.3 Å². The van der Waals surface area contributed by atoms with Gasteiger partial charge in [-0.1, -0.05) is 6.92 Å². The van der Waals surface area contributed by atoms with Gasteiger partial charge < -0.3 is 5.32 Å². The van der Waals surface area contributed by atoms with Crippen LogP contribution in [0.2, 0.25) is 0 Å². The minimum Gasteiger partial charge on any atom is -0.312 e. The molecular weight excluding hydrogens is 306 g/mol. The lowest BCUT2D eigenvalue weighted by Gasteiger charge is -2.07. The Morgan fingerprint density at radius 2 is 2.10 bits per heavy atom. The molecule has 2 heterocycles. The predicted octanol–water partition coefficient (Wildman–Crippen LogP) is 2.75. The molecule has 0 spiro atoms. The first kappa shape index (κ1) is 15.9. The maximum Gasteiger partial charge on any atom is 0.271 e. The molecule has 0 atom stereocenters. The van der Waals surface area contributed by atoms with Crippen LogP contribution in [0.25, 0.3) is 0 Å². The molecule has 2 aromatic heterocycles. The molecule has 0 aliphatic rings. The summed E-state index contributed by atoms with van der Waals surface area (Å²) in [7, 11) is -3.54. The Hall–Kier alpha value is -1.44. The number of sulfonamides is 1. The largest absolute Gasteiger partial charge is 0.312 e. The standard InChI is InChI=1S/C14H19N3O2S2/c1-3-8-15-10-12-6-7-14(20-12)21(18,19)17-13-5-4-9-16-11(13)2/h4-7,9,15,17H,3,8,10H2,1-2H3. The Morgan fingerprint density at radius 3 is 2.81 bits per heavy atom. The van der Waals surface area contributed by atoms with Gasteiger partial charge in [-0.3, -0.25) is 9.71 Å². The van der Waals surface area contributed by atoms with E-state index < -0.39 is 10.0 Å². The molecule has 2 rings (SSSR count). The number of aromatic nitrogens is 1. The highest BCUT2D eigenvalue weighted by molar-refractivity contribution is 7.94. The van der Waals surface area contributed by atoms with Crippen molar-refractivity contribution in [2.45, 2.75) is 31.0 Å². The first-order chi connectivity index (χ1) is 10.0. The zero-order chi connectivity index (χ0) is 15.3. The number of thiophene rings is 1. The number of nitrogens with one attached hydrogen (secondary N) is 2. The van der Waals surface area contributed by atoms with Crippen LogP contribution in [0, 0.1) is 6.92 Å². The van der Waals surface area contributed by atoms with Crippen molar-refractivity contribution >= 4 is 27.0 Å². The minimum absolute atomic E-state index is 0.319. The topological polar surface area (TPSA) is 71.1 Å². The molecule has 2 aromatic rings. The first-order valence-corrected chi connectivity index (χ1v) is 9.07. The summed E-state index contributed by atoms with van der Waals surface area (Å²) in [5, 5.41) is 3.26. The molecule has 0 radical (unpaired) electrons. The Morgan fingerprint density at radius 1 is 1.29 bits per heavy atom. The maximum atomic E-state index is 12.3. The molecule has 0 aromatic carbocycles. The maximum absolute atomic E-state index is 12.3. The van der Waals surface area contributed by atoms with Crippen LogP contribution < -0.4 is 10.0 Å². The van der Waals surface area contributed by atoms with Crippen molar-refractivity contribution < 1.29 is 8.42 Å². The van der Waals surface area contributed by atoms with Gasteiger partial charge in [0.15, 0.2) is 0 Å². The summed E-state index contributed by atoms with van der Waals surface area (Å²) in [5.74, 6) is 0. The van der Waals surface area contributed by atoms with Crippen LogP contribution in [0.5, 0.6) is 0 Å². The second kappa shape index (κ2) is 7.02. The Kier molecular flexibility index (Phi) is 5.33. The van der Waals surface area contributed by atoms with Crippen molar-refractivity contribution in [2.75, 3.05) is 11.3 Å². The number of nitrogens with zero attached hydrogens (tertiary/aromatic N) is 1. The van der Waals surface area contributed by atoms with E-state index >= 15 is 0 Å². The van der Waals surface area contributed by atoms with E-state index in [-0.39, 0.29) is 0 Å². The fraction of sp³-hybridized carbons (Fsp3) is 0.357. The van der Waals surface area contributed by atoms with Gasteiger partial charge in [0.25, 0.3) is 10.0 Å². The van der Waals surface area contributed by atoms with Crippen LogP contribution in [0.15, 0.2) is 34.7 Å². The number of aryl methyl sites for hydroxylation is 1. The second-order valence-electron chi connectivity index (χ2n) is 4.64. The summed E-state index contributed by atoms with van der Waals surface area (Å²) < 4.78 is 27.6. The van der Waals surface area contributed by atoms with Crippen molar-refractivity contribution in [1.29, 1.82) is 0 Å². The van der Waals surface area contributed by atoms with Gasteiger partial charge in [0.1, 0.15) is 4.21 Å².